The van der Waals surface area contributed by atoms with E-state index < -0.39 is 0 Å². The van der Waals surface area contributed by atoms with Gasteiger partial charge in [-0.2, -0.15) is 4.57 Å². The predicted octanol–water partition coefficient (Wildman–Crippen LogP) is 3.83. The van der Waals surface area contributed by atoms with Crippen molar-refractivity contribution in [1.82, 2.24) is 4.57 Å². The quantitative estimate of drug-likeness (QED) is 0.327. The molecule has 9 heteroatoms. The highest BCUT2D eigenvalue weighted by atomic mass is 32.2. The molecule has 172 valence electrons. The maximum absolute atomic E-state index is 13.5. The van der Waals surface area contributed by atoms with Gasteiger partial charge in [0.1, 0.15) is 25.1 Å². The minimum Gasteiger partial charge on any atom is -0.486 e. The number of rotatable bonds is 6. The number of thiophene rings is 1. The van der Waals surface area contributed by atoms with E-state index in [9.17, 15) is 9.59 Å². The lowest BCUT2D eigenvalue weighted by Gasteiger charge is -2.18. The molecule has 3 heterocycles. The number of ether oxygens (including phenoxy) is 2. The lowest BCUT2D eigenvalue weighted by atomic mass is 9.97. The Morgan fingerprint density at radius 3 is 2.85 bits per heavy atom. The van der Waals surface area contributed by atoms with E-state index in [-0.39, 0.29) is 17.2 Å². The van der Waals surface area contributed by atoms with E-state index in [1.165, 1.54) is 28.6 Å². The number of benzene rings is 1. The highest BCUT2D eigenvalue weighted by Crippen LogP contribution is 2.34. The number of H-pyrrole nitrogens is 1. The molecule has 1 aliphatic carbocycles. The zero-order valence-corrected chi connectivity index (χ0v) is 20.1. The fraction of sp³-hybridized carbons (Fsp3) is 0.375. The summed E-state index contributed by atoms with van der Waals surface area (Å²) < 4.78 is 12.8. The van der Waals surface area contributed by atoms with Gasteiger partial charge in [0.05, 0.1) is 5.75 Å². The zero-order chi connectivity index (χ0) is 22.9. The van der Waals surface area contributed by atoms with Crippen LogP contribution in [0.15, 0.2) is 40.3 Å². The fourth-order valence-electron chi connectivity index (χ4n) is 4.25. The number of carbonyl (C=O) groups excluding carboxylic acids is 1. The van der Waals surface area contributed by atoms with Crippen LogP contribution in [0.4, 0.5) is 5.69 Å². The molecule has 1 amide bonds. The van der Waals surface area contributed by atoms with Crippen molar-refractivity contribution in [2.45, 2.75) is 44.3 Å². The molecular formula is C24H26N3O4S2+. The van der Waals surface area contributed by atoms with Gasteiger partial charge < -0.3 is 14.8 Å². The summed E-state index contributed by atoms with van der Waals surface area (Å²) >= 11 is 3.00. The van der Waals surface area contributed by atoms with Crippen molar-refractivity contribution in [1.29, 1.82) is 0 Å². The van der Waals surface area contributed by atoms with Crippen LogP contribution in [0.2, 0.25) is 0 Å². The monoisotopic (exact) mass is 484 g/mol. The Morgan fingerprint density at radius 1 is 1.24 bits per heavy atom. The molecule has 7 nitrogen and oxygen atoms in total. The Balaban J connectivity index is 1.38. The van der Waals surface area contributed by atoms with E-state index in [0.717, 1.165) is 35.1 Å². The Bertz CT molecular complexity index is 1310. The number of anilines is 1. The second kappa shape index (κ2) is 9.23. The Morgan fingerprint density at radius 2 is 2.03 bits per heavy atom. The van der Waals surface area contributed by atoms with Gasteiger partial charge in [0, 0.05) is 16.6 Å². The van der Waals surface area contributed by atoms with Gasteiger partial charge in [0.25, 0.3) is 0 Å². The first-order valence-electron chi connectivity index (χ1n) is 11.1. The number of aryl methyl sites for hydroxylation is 2. The lowest BCUT2D eigenvalue weighted by molar-refractivity contribution is -0.404. The Kier molecular flexibility index (Phi) is 6.16. The van der Waals surface area contributed by atoms with Crippen molar-refractivity contribution in [2.75, 3.05) is 24.3 Å². The third kappa shape index (κ3) is 4.52. The molecule has 2 aliphatic rings. The summed E-state index contributed by atoms with van der Waals surface area (Å²) in [5, 5.41) is 4.38. The van der Waals surface area contributed by atoms with E-state index in [0.29, 0.717) is 42.1 Å². The van der Waals surface area contributed by atoms with Crippen molar-refractivity contribution in [3.05, 3.63) is 51.1 Å². The predicted molar refractivity (Wildman–Crippen MR) is 131 cm³/mol. The SMILES string of the molecule is C=C(C)Cn1c(SCC(=O)Nc2ccc3c(c2)OCCO3)[nH+]c2sc3c(c2c1=O)CCCC3. The summed E-state index contributed by atoms with van der Waals surface area (Å²) in [5.41, 5.74) is 2.73. The zero-order valence-electron chi connectivity index (χ0n) is 18.5. The Hall–Kier alpha value is -2.78. The van der Waals surface area contributed by atoms with Crippen molar-refractivity contribution in [3.63, 3.8) is 0 Å². The first-order chi connectivity index (χ1) is 16.0. The van der Waals surface area contributed by atoms with Gasteiger partial charge in [-0.15, -0.1) is 0 Å². The van der Waals surface area contributed by atoms with Crippen LogP contribution in [0.3, 0.4) is 0 Å². The van der Waals surface area contributed by atoms with Crippen molar-refractivity contribution in [2.24, 2.45) is 0 Å². The number of hydrogen-bond acceptors (Lipinski definition) is 6. The smallest absolute Gasteiger partial charge is 0.347 e. The second-order valence-corrected chi connectivity index (χ2v) is 10.5. The largest absolute Gasteiger partial charge is 0.486 e. The fourth-order valence-corrected chi connectivity index (χ4v) is 6.41. The lowest BCUT2D eigenvalue weighted by Crippen LogP contribution is -2.31. The summed E-state index contributed by atoms with van der Waals surface area (Å²) in [7, 11) is 0. The topological polar surface area (TPSA) is 83.7 Å². The first kappa shape index (κ1) is 22.0. The highest BCUT2D eigenvalue weighted by Gasteiger charge is 2.27. The van der Waals surface area contributed by atoms with Crippen LogP contribution in [0.5, 0.6) is 11.5 Å². The van der Waals surface area contributed by atoms with E-state index in [1.807, 2.05) is 6.92 Å². The second-order valence-electron chi connectivity index (χ2n) is 8.39. The number of carbonyl (C=O) groups is 1. The van der Waals surface area contributed by atoms with E-state index in [2.05, 4.69) is 16.9 Å². The molecule has 1 aromatic carbocycles. The minimum atomic E-state index is -0.162. The molecule has 0 fully saturated rings. The molecule has 0 spiro atoms. The van der Waals surface area contributed by atoms with Crippen LogP contribution in [0.25, 0.3) is 10.2 Å². The van der Waals surface area contributed by atoms with Crippen molar-refractivity contribution >= 4 is 44.9 Å². The molecule has 3 aromatic rings. The molecule has 2 N–H and O–H groups in total. The number of nitrogens with zero attached hydrogens (tertiary/aromatic N) is 1. The number of amides is 1. The first-order valence-corrected chi connectivity index (χ1v) is 12.9. The molecule has 0 saturated heterocycles. The molecular weight excluding hydrogens is 458 g/mol. The number of allylic oxidation sites excluding steroid dienone is 1. The summed E-state index contributed by atoms with van der Waals surface area (Å²) in [4.78, 5) is 31.8. The molecule has 0 bridgehead atoms. The standard InChI is InChI=1S/C24H25N3O4S2/c1-14(2)12-27-23(29)21-16-5-3-4-6-19(16)33-22(21)26-24(27)32-13-20(28)25-15-7-8-17-18(11-15)31-10-9-30-17/h7-8,11H,1,3-6,9-10,12-13H2,2H3,(H,25,28)/p+1. The molecule has 2 aromatic heterocycles. The summed E-state index contributed by atoms with van der Waals surface area (Å²) in [6.07, 6.45) is 4.27. The molecule has 33 heavy (non-hydrogen) atoms. The average Bonchev–Trinajstić information content (AvgIpc) is 3.18. The number of aromatic amines is 1. The molecule has 1 aliphatic heterocycles. The molecule has 0 unspecified atom stereocenters. The van der Waals surface area contributed by atoms with E-state index >= 15 is 0 Å². The minimum absolute atomic E-state index is 0.000828. The summed E-state index contributed by atoms with van der Waals surface area (Å²) in [6.45, 7) is 7.33. The van der Waals surface area contributed by atoms with Crippen molar-refractivity contribution in [3.8, 4) is 11.5 Å². The van der Waals surface area contributed by atoms with Crippen LogP contribution >= 0.6 is 23.1 Å². The van der Waals surface area contributed by atoms with Gasteiger partial charge in [-0.1, -0.05) is 17.9 Å². The van der Waals surface area contributed by atoms with Gasteiger partial charge >= 0.3 is 10.7 Å². The third-order valence-electron chi connectivity index (χ3n) is 5.69. The summed E-state index contributed by atoms with van der Waals surface area (Å²) in [6, 6.07) is 5.35. The maximum Gasteiger partial charge on any atom is 0.347 e. The van der Waals surface area contributed by atoms with E-state index in [4.69, 9.17) is 9.47 Å². The molecule has 0 atom stereocenters. The normalized spacial score (nSPS) is 14.7. The van der Waals surface area contributed by atoms with Crippen LogP contribution in [0.1, 0.15) is 30.2 Å². The van der Waals surface area contributed by atoms with Gasteiger partial charge in [-0.3, -0.25) is 4.79 Å². The van der Waals surface area contributed by atoms with Gasteiger partial charge in [0.15, 0.2) is 16.3 Å². The van der Waals surface area contributed by atoms with Gasteiger partial charge in [-0.05, 0) is 67.6 Å². The average molecular weight is 485 g/mol. The molecule has 0 saturated carbocycles. The highest BCUT2D eigenvalue weighted by molar-refractivity contribution is 7.99. The van der Waals surface area contributed by atoms with E-state index in [1.54, 1.807) is 34.1 Å². The molecule has 5 rings (SSSR count). The Labute approximate surface area is 199 Å². The van der Waals surface area contributed by atoms with Crippen molar-refractivity contribution < 1.29 is 19.3 Å². The van der Waals surface area contributed by atoms with Crippen LogP contribution < -0.4 is 25.3 Å². The summed E-state index contributed by atoms with van der Waals surface area (Å²) in [5.74, 6) is 1.31. The number of nitrogens with one attached hydrogen (secondary N) is 2. The van der Waals surface area contributed by atoms with Crippen LogP contribution in [-0.2, 0) is 24.2 Å². The van der Waals surface area contributed by atoms with Gasteiger partial charge in [-0.25, -0.2) is 9.78 Å². The number of hydrogen-bond donors (Lipinski definition) is 1. The third-order valence-corrected chi connectivity index (χ3v) is 7.90. The van der Waals surface area contributed by atoms with Gasteiger partial charge in [0.2, 0.25) is 5.91 Å². The number of thioether (sulfide) groups is 1. The number of aromatic nitrogens is 2. The number of fused-ring (bicyclic) bond motifs is 4. The van der Waals surface area contributed by atoms with Crippen LogP contribution in [0, 0.1) is 0 Å². The van der Waals surface area contributed by atoms with Crippen LogP contribution in [-0.4, -0.2) is 29.4 Å². The maximum atomic E-state index is 13.5. The molecule has 0 radical (unpaired) electrons.